The van der Waals surface area contributed by atoms with Crippen LogP contribution in [0.4, 0.5) is 5.69 Å². The van der Waals surface area contributed by atoms with Crippen LogP contribution in [-0.4, -0.2) is 50.4 Å². The Bertz CT molecular complexity index is 1450. The van der Waals surface area contributed by atoms with Gasteiger partial charge in [0.2, 0.25) is 11.8 Å². The summed E-state index contributed by atoms with van der Waals surface area (Å²) in [6, 6.07) is 19.6. The molecular formula is C31H38BrN3O5S. The fourth-order valence-electron chi connectivity index (χ4n) is 4.31. The number of carbonyl (C=O) groups excluding carboxylic acids is 2. The minimum atomic E-state index is -4.13. The zero-order valence-electron chi connectivity index (χ0n) is 24.3. The number of amides is 2. The zero-order valence-corrected chi connectivity index (χ0v) is 26.8. The molecule has 41 heavy (non-hydrogen) atoms. The first-order chi connectivity index (χ1) is 19.2. The van der Waals surface area contributed by atoms with E-state index >= 15 is 0 Å². The van der Waals surface area contributed by atoms with E-state index in [1.165, 1.54) is 17.0 Å². The number of carbonyl (C=O) groups is 2. The van der Waals surface area contributed by atoms with Gasteiger partial charge in [-0.15, -0.1) is 0 Å². The Labute approximate surface area is 251 Å². The molecule has 1 atom stereocenters. The number of nitrogens with one attached hydrogen (secondary N) is 1. The van der Waals surface area contributed by atoms with E-state index in [2.05, 4.69) is 21.2 Å². The lowest BCUT2D eigenvalue weighted by Crippen LogP contribution is -2.55. The molecule has 0 radical (unpaired) electrons. The Hall–Kier alpha value is -3.37. The zero-order chi connectivity index (χ0) is 30.4. The van der Waals surface area contributed by atoms with Crippen LogP contribution in [0.15, 0.2) is 82.2 Å². The van der Waals surface area contributed by atoms with Crippen LogP contribution in [0, 0.1) is 6.92 Å². The van der Waals surface area contributed by atoms with Crippen molar-refractivity contribution in [1.82, 2.24) is 10.2 Å². The molecule has 0 heterocycles. The summed E-state index contributed by atoms with van der Waals surface area (Å²) in [6.45, 7) is 8.90. The number of benzene rings is 3. The maximum Gasteiger partial charge on any atom is 0.264 e. The first-order valence-electron chi connectivity index (χ1n) is 13.3. The van der Waals surface area contributed by atoms with Gasteiger partial charge in [-0.05, 0) is 88.2 Å². The molecule has 0 aliphatic rings. The standard InChI is InChI=1S/C31H38BrN3O5S/c1-7-28(30(37)33-31(3,4)5)34(20-23-9-8-10-26(19-23)40-6)29(36)21-35(25-15-13-24(32)14-16-25)41(38,39)27-17-11-22(2)12-18-27/h8-19,28H,7,20-21H2,1-6H3,(H,33,37)/t28-/m1/s1. The van der Waals surface area contributed by atoms with Gasteiger partial charge in [0.25, 0.3) is 10.0 Å². The average Bonchev–Trinajstić information content (AvgIpc) is 2.91. The molecule has 0 spiro atoms. The van der Waals surface area contributed by atoms with E-state index in [1.54, 1.807) is 55.6 Å². The fourth-order valence-corrected chi connectivity index (χ4v) is 5.99. The smallest absolute Gasteiger partial charge is 0.264 e. The molecule has 0 fully saturated rings. The van der Waals surface area contributed by atoms with Crippen molar-refractivity contribution in [3.8, 4) is 5.75 Å². The van der Waals surface area contributed by atoms with Crippen LogP contribution in [0.2, 0.25) is 0 Å². The first kappa shape index (κ1) is 32.1. The molecule has 0 saturated carbocycles. The van der Waals surface area contributed by atoms with Crippen LogP contribution in [0.25, 0.3) is 0 Å². The van der Waals surface area contributed by atoms with Crippen LogP contribution < -0.4 is 14.4 Å². The van der Waals surface area contributed by atoms with E-state index in [9.17, 15) is 18.0 Å². The molecule has 3 aromatic rings. The van der Waals surface area contributed by atoms with Crippen LogP contribution in [0.1, 0.15) is 45.2 Å². The highest BCUT2D eigenvalue weighted by molar-refractivity contribution is 9.10. The first-order valence-corrected chi connectivity index (χ1v) is 15.6. The molecule has 0 aliphatic heterocycles. The number of rotatable bonds is 11. The largest absolute Gasteiger partial charge is 0.497 e. The van der Waals surface area contributed by atoms with Gasteiger partial charge in [0, 0.05) is 16.6 Å². The van der Waals surface area contributed by atoms with E-state index in [-0.39, 0.29) is 17.3 Å². The number of methoxy groups -OCH3 is 1. The maximum atomic E-state index is 14.2. The summed E-state index contributed by atoms with van der Waals surface area (Å²) in [5, 5.41) is 2.97. The molecule has 2 amide bonds. The molecule has 1 N–H and O–H groups in total. The Kier molecular flexibility index (Phi) is 10.6. The van der Waals surface area contributed by atoms with Gasteiger partial charge in [-0.3, -0.25) is 13.9 Å². The topological polar surface area (TPSA) is 96.0 Å². The second-order valence-electron chi connectivity index (χ2n) is 10.8. The van der Waals surface area contributed by atoms with Crippen molar-refractivity contribution in [2.45, 2.75) is 64.1 Å². The van der Waals surface area contributed by atoms with Gasteiger partial charge in [0.05, 0.1) is 17.7 Å². The lowest BCUT2D eigenvalue weighted by Gasteiger charge is -2.34. The molecule has 0 saturated heterocycles. The van der Waals surface area contributed by atoms with Crippen LogP contribution in [0.5, 0.6) is 5.75 Å². The van der Waals surface area contributed by atoms with Crippen molar-refractivity contribution < 1.29 is 22.7 Å². The van der Waals surface area contributed by atoms with E-state index < -0.39 is 34.1 Å². The molecular weight excluding hydrogens is 606 g/mol. The van der Waals surface area contributed by atoms with Crippen molar-refractivity contribution >= 4 is 43.5 Å². The molecule has 0 unspecified atom stereocenters. The van der Waals surface area contributed by atoms with Crippen LogP contribution in [0.3, 0.4) is 0 Å². The van der Waals surface area contributed by atoms with E-state index in [4.69, 9.17) is 4.74 Å². The summed E-state index contributed by atoms with van der Waals surface area (Å²) >= 11 is 3.39. The normalized spacial score (nSPS) is 12.4. The SMILES string of the molecule is CC[C@H](C(=O)NC(C)(C)C)N(Cc1cccc(OC)c1)C(=O)CN(c1ccc(Br)cc1)S(=O)(=O)c1ccc(C)cc1. The highest BCUT2D eigenvalue weighted by atomic mass is 79.9. The van der Waals surface area contributed by atoms with Crippen molar-refractivity contribution in [2.75, 3.05) is 18.0 Å². The Morgan fingerprint density at radius 3 is 2.20 bits per heavy atom. The summed E-state index contributed by atoms with van der Waals surface area (Å²) in [6.07, 6.45) is 0.334. The molecule has 0 aliphatic carbocycles. The fraction of sp³-hybridized carbons (Fsp3) is 0.355. The maximum absolute atomic E-state index is 14.2. The molecule has 0 aromatic heterocycles. The molecule has 3 aromatic carbocycles. The van der Waals surface area contributed by atoms with Crippen LogP contribution >= 0.6 is 15.9 Å². The third-order valence-electron chi connectivity index (χ3n) is 6.37. The highest BCUT2D eigenvalue weighted by Crippen LogP contribution is 2.27. The number of anilines is 1. The van der Waals surface area contributed by atoms with Gasteiger partial charge < -0.3 is 15.0 Å². The molecule has 8 nitrogen and oxygen atoms in total. The summed E-state index contributed by atoms with van der Waals surface area (Å²) in [7, 11) is -2.57. The number of hydrogen-bond donors (Lipinski definition) is 1. The van der Waals surface area contributed by atoms with Gasteiger partial charge in [0.1, 0.15) is 18.3 Å². The average molecular weight is 645 g/mol. The summed E-state index contributed by atoms with van der Waals surface area (Å²) in [5.41, 5.74) is 1.47. The number of halogens is 1. The lowest BCUT2D eigenvalue weighted by atomic mass is 10.1. The summed E-state index contributed by atoms with van der Waals surface area (Å²) < 4.78 is 35.1. The van der Waals surface area contributed by atoms with E-state index in [0.29, 0.717) is 17.9 Å². The van der Waals surface area contributed by atoms with Gasteiger partial charge in [-0.2, -0.15) is 0 Å². The van der Waals surface area contributed by atoms with Crippen molar-refractivity contribution in [3.05, 3.63) is 88.4 Å². The van der Waals surface area contributed by atoms with Crippen molar-refractivity contribution in [3.63, 3.8) is 0 Å². The Morgan fingerprint density at radius 1 is 1.00 bits per heavy atom. The lowest BCUT2D eigenvalue weighted by molar-refractivity contribution is -0.141. The number of nitrogens with zero attached hydrogens (tertiary/aromatic N) is 2. The molecule has 10 heteroatoms. The number of hydrogen-bond acceptors (Lipinski definition) is 5. The minimum absolute atomic E-state index is 0.0654. The Morgan fingerprint density at radius 2 is 1.63 bits per heavy atom. The molecule has 3 rings (SSSR count). The van der Waals surface area contributed by atoms with Gasteiger partial charge in [-0.25, -0.2) is 8.42 Å². The second kappa shape index (κ2) is 13.5. The second-order valence-corrected chi connectivity index (χ2v) is 13.6. The predicted molar refractivity (Wildman–Crippen MR) is 165 cm³/mol. The quantitative estimate of drug-likeness (QED) is 0.290. The highest BCUT2D eigenvalue weighted by Gasteiger charge is 2.34. The number of aryl methyl sites for hydroxylation is 1. The van der Waals surface area contributed by atoms with Crippen molar-refractivity contribution in [2.24, 2.45) is 0 Å². The van der Waals surface area contributed by atoms with Crippen LogP contribution in [-0.2, 0) is 26.2 Å². The van der Waals surface area contributed by atoms with Gasteiger partial charge in [-0.1, -0.05) is 52.7 Å². The third kappa shape index (κ3) is 8.56. The van der Waals surface area contributed by atoms with E-state index in [1.807, 2.05) is 46.8 Å². The monoisotopic (exact) mass is 643 g/mol. The molecule has 0 bridgehead atoms. The molecule has 220 valence electrons. The van der Waals surface area contributed by atoms with Gasteiger partial charge >= 0.3 is 0 Å². The Balaban J connectivity index is 2.07. The van der Waals surface area contributed by atoms with Gasteiger partial charge in [0.15, 0.2) is 0 Å². The van der Waals surface area contributed by atoms with E-state index in [0.717, 1.165) is 19.9 Å². The number of sulfonamides is 1. The summed E-state index contributed by atoms with van der Waals surface area (Å²) in [4.78, 5) is 29.1. The summed E-state index contributed by atoms with van der Waals surface area (Å²) in [5.74, 6) is -0.212. The third-order valence-corrected chi connectivity index (χ3v) is 8.69. The predicted octanol–water partition coefficient (Wildman–Crippen LogP) is 5.68. The number of ether oxygens (including phenoxy) is 1. The minimum Gasteiger partial charge on any atom is -0.497 e. The van der Waals surface area contributed by atoms with Crippen molar-refractivity contribution in [1.29, 1.82) is 0 Å².